The Hall–Kier alpha value is -1.77. The monoisotopic (exact) mass is 304 g/mol. The van der Waals surface area contributed by atoms with E-state index in [0.29, 0.717) is 10.5 Å². The van der Waals surface area contributed by atoms with Gasteiger partial charge in [-0.1, -0.05) is 59.5 Å². The molecule has 0 saturated carbocycles. The minimum Gasteiger partial charge on any atom is -0.135 e. The van der Waals surface area contributed by atoms with Gasteiger partial charge in [0.05, 0.1) is 0 Å². The second kappa shape index (κ2) is 4.90. The summed E-state index contributed by atoms with van der Waals surface area (Å²) in [6.45, 7) is 0. The van der Waals surface area contributed by atoms with E-state index in [1.165, 1.54) is 25.7 Å². The lowest BCUT2D eigenvalue weighted by molar-refractivity contribution is 1.71. The summed E-state index contributed by atoms with van der Waals surface area (Å²) >= 11 is 7.82. The van der Waals surface area contributed by atoms with Crippen molar-refractivity contribution >= 4 is 56.4 Å². The van der Waals surface area contributed by atoms with Gasteiger partial charge in [-0.3, -0.25) is 0 Å². The first kappa shape index (κ1) is 12.9. The summed E-state index contributed by atoms with van der Waals surface area (Å²) in [6, 6.07) is 20.6. The van der Waals surface area contributed by atoms with Crippen LogP contribution in [0.2, 0.25) is 5.02 Å². The van der Waals surface area contributed by atoms with Crippen LogP contribution in [0.25, 0.3) is 31.3 Å². The second-order valence-corrected chi connectivity index (χ2v) is 6.50. The molecule has 21 heavy (non-hydrogen) atoms. The highest BCUT2D eigenvalue weighted by Gasteiger charge is 2.11. The Labute approximate surface area is 133 Å². The molecule has 0 spiro atoms. The van der Waals surface area contributed by atoms with E-state index in [-0.39, 0.29) is 0 Å². The Morgan fingerprint density at radius 1 is 0.810 bits per heavy atom. The predicted octanol–water partition coefficient (Wildman–Crippen LogP) is 5.17. The lowest BCUT2D eigenvalue weighted by Crippen LogP contribution is -2.05. The lowest BCUT2D eigenvalue weighted by Gasteiger charge is -2.08. The fourth-order valence-electron chi connectivity index (χ4n) is 2.74. The number of rotatable bonds is 1. The van der Waals surface area contributed by atoms with Crippen LogP contribution in [0.1, 0.15) is 0 Å². The molecule has 0 atom stereocenters. The first-order valence-corrected chi connectivity index (χ1v) is 7.89. The van der Waals surface area contributed by atoms with Crippen LogP contribution in [0.4, 0.5) is 0 Å². The van der Waals surface area contributed by atoms with Gasteiger partial charge in [-0.25, -0.2) is 0 Å². The first-order chi connectivity index (χ1) is 10.2. The van der Waals surface area contributed by atoms with E-state index >= 15 is 0 Å². The van der Waals surface area contributed by atoms with Crippen molar-refractivity contribution < 1.29 is 0 Å². The zero-order chi connectivity index (χ0) is 14.4. The third kappa shape index (κ3) is 2.07. The van der Waals surface area contributed by atoms with Gasteiger partial charge in [-0.05, 0) is 29.3 Å². The van der Waals surface area contributed by atoms with Crippen molar-refractivity contribution in [1.29, 1.82) is 0 Å². The Bertz CT molecular complexity index is 971. The molecule has 2 radical (unpaired) electrons. The Balaban J connectivity index is 2.09. The van der Waals surface area contributed by atoms with Crippen molar-refractivity contribution in [2.45, 2.75) is 0 Å². The van der Waals surface area contributed by atoms with Gasteiger partial charge in [0, 0.05) is 25.2 Å². The van der Waals surface area contributed by atoms with Gasteiger partial charge in [0.2, 0.25) is 0 Å². The number of halogens is 1. The maximum absolute atomic E-state index is 6.16. The van der Waals surface area contributed by atoms with Crippen LogP contribution >= 0.6 is 22.9 Å². The minimum absolute atomic E-state index is 0.666. The van der Waals surface area contributed by atoms with E-state index in [4.69, 9.17) is 19.4 Å². The molecule has 0 nitrogen and oxygen atoms in total. The van der Waals surface area contributed by atoms with E-state index in [2.05, 4.69) is 42.5 Å². The van der Waals surface area contributed by atoms with Gasteiger partial charge in [0.15, 0.2) is 0 Å². The van der Waals surface area contributed by atoms with E-state index in [9.17, 15) is 0 Å². The van der Waals surface area contributed by atoms with Gasteiger partial charge >= 0.3 is 0 Å². The predicted molar refractivity (Wildman–Crippen MR) is 95.2 cm³/mol. The molecule has 1 heterocycles. The van der Waals surface area contributed by atoms with Crippen LogP contribution in [0, 0.1) is 0 Å². The average molecular weight is 305 g/mol. The molecule has 0 fully saturated rings. The number of benzene rings is 3. The minimum atomic E-state index is 0.666. The molecular weight excluding hydrogens is 295 g/mol. The van der Waals surface area contributed by atoms with Crippen molar-refractivity contribution in [3.63, 3.8) is 0 Å². The first-order valence-electron chi connectivity index (χ1n) is 6.70. The molecule has 0 aliphatic rings. The van der Waals surface area contributed by atoms with Gasteiger partial charge in [-0.15, -0.1) is 11.3 Å². The standard InChI is InChI=1S/C18H10BClS/c19-16-10-11(20)8-9-12(16)14-5-3-6-15-13-4-1-2-7-17(13)21-18(14)15/h1-10H. The summed E-state index contributed by atoms with van der Waals surface area (Å²) < 4.78 is 2.57. The average Bonchev–Trinajstić information content (AvgIpc) is 2.86. The van der Waals surface area contributed by atoms with Crippen molar-refractivity contribution in [2.75, 3.05) is 0 Å². The molecule has 0 aliphatic heterocycles. The molecular formula is C18H10BClS. The van der Waals surface area contributed by atoms with Crippen molar-refractivity contribution in [3.05, 3.63) is 65.7 Å². The topological polar surface area (TPSA) is 0 Å². The van der Waals surface area contributed by atoms with Gasteiger partial charge in [0.25, 0.3) is 0 Å². The molecule has 0 bridgehead atoms. The summed E-state index contributed by atoms with van der Waals surface area (Å²) in [4.78, 5) is 0. The molecule has 0 unspecified atom stereocenters. The van der Waals surface area contributed by atoms with E-state index in [0.717, 1.165) is 5.56 Å². The molecule has 0 saturated heterocycles. The van der Waals surface area contributed by atoms with E-state index in [1.807, 2.05) is 29.5 Å². The van der Waals surface area contributed by atoms with Crippen molar-refractivity contribution in [2.24, 2.45) is 0 Å². The van der Waals surface area contributed by atoms with Crippen LogP contribution in [-0.2, 0) is 0 Å². The number of hydrogen-bond donors (Lipinski definition) is 0. The largest absolute Gasteiger partial charge is 0.135 e. The molecule has 98 valence electrons. The molecule has 3 heteroatoms. The van der Waals surface area contributed by atoms with Crippen LogP contribution in [0.15, 0.2) is 60.7 Å². The highest BCUT2D eigenvalue weighted by molar-refractivity contribution is 7.26. The zero-order valence-corrected chi connectivity index (χ0v) is 12.7. The summed E-state index contributed by atoms with van der Waals surface area (Å²) in [6.07, 6.45) is 0. The SMILES string of the molecule is [B]c1cc(Cl)ccc1-c1cccc2c1sc1ccccc12. The lowest BCUT2D eigenvalue weighted by atomic mass is 9.87. The van der Waals surface area contributed by atoms with Crippen molar-refractivity contribution in [3.8, 4) is 11.1 Å². The summed E-state index contributed by atoms with van der Waals surface area (Å²) in [5.74, 6) is 0. The molecule has 0 amide bonds. The van der Waals surface area contributed by atoms with E-state index < -0.39 is 0 Å². The van der Waals surface area contributed by atoms with Gasteiger partial charge in [-0.2, -0.15) is 0 Å². The fourth-order valence-corrected chi connectivity index (χ4v) is 4.15. The Morgan fingerprint density at radius 2 is 1.62 bits per heavy atom. The smallest absolute Gasteiger partial charge is 0.114 e. The normalized spacial score (nSPS) is 11.3. The summed E-state index contributed by atoms with van der Waals surface area (Å²) in [7, 11) is 6.16. The van der Waals surface area contributed by atoms with Crippen LogP contribution < -0.4 is 5.46 Å². The van der Waals surface area contributed by atoms with Gasteiger partial charge < -0.3 is 0 Å². The zero-order valence-electron chi connectivity index (χ0n) is 11.1. The molecule has 4 rings (SSSR count). The van der Waals surface area contributed by atoms with Crippen molar-refractivity contribution in [1.82, 2.24) is 0 Å². The van der Waals surface area contributed by atoms with Crippen LogP contribution in [0.5, 0.6) is 0 Å². The van der Waals surface area contributed by atoms with Gasteiger partial charge in [0.1, 0.15) is 7.85 Å². The number of hydrogen-bond acceptors (Lipinski definition) is 1. The fraction of sp³-hybridized carbons (Fsp3) is 0. The molecule has 1 aromatic heterocycles. The number of fused-ring (bicyclic) bond motifs is 3. The molecule has 0 N–H and O–H groups in total. The number of thiophene rings is 1. The quantitative estimate of drug-likeness (QED) is 0.426. The maximum Gasteiger partial charge on any atom is 0.114 e. The third-order valence-corrected chi connectivity index (χ3v) is 5.16. The summed E-state index contributed by atoms with van der Waals surface area (Å²) in [5.41, 5.74) is 2.92. The molecule has 0 aliphatic carbocycles. The van der Waals surface area contributed by atoms with E-state index in [1.54, 1.807) is 0 Å². The Morgan fingerprint density at radius 3 is 2.48 bits per heavy atom. The highest BCUT2D eigenvalue weighted by atomic mass is 35.5. The molecule has 4 aromatic rings. The third-order valence-electron chi connectivity index (χ3n) is 3.71. The van der Waals surface area contributed by atoms with Crippen LogP contribution in [0.3, 0.4) is 0 Å². The highest BCUT2D eigenvalue weighted by Crippen LogP contribution is 2.39. The Kier molecular flexibility index (Phi) is 3.02. The molecule has 3 aromatic carbocycles. The second-order valence-electron chi connectivity index (χ2n) is 5.01. The summed E-state index contributed by atoms with van der Waals surface area (Å²) in [5, 5.41) is 3.24. The maximum atomic E-state index is 6.16. The van der Waals surface area contributed by atoms with Crippen LogP contribution in [-0.4, -0.2) is 7.85 Å².